The lowest BCUT2D eigenvalue weighted by molar-refractivity contribution is -0.127. The van der Waals surface area contributed by atoms with Crippen molar-refractivity contribution >= 4 is 5.91 Å². The van der Waals surface area contributed by atoms with Crippen molar-refractivity contribution < 1.29 is 4.79 Å². The van der Waals surface area contributed by atoms with Gasteiger partial charge in [0, 0.05) is 19.1 Å². The first kappa shape index (κ1) is 17.4. The van der Waals surface area contributed by atoms with Gasteiger partial charge in [0.1, 0.15) is 0 Å². The Morgan fingerprint density at radius 2 is 2.05 bits per heavy atom. The van der Waals surface area contributed by atoms with Gasteiger partial charge in [-0.05, 0) is 45.2 Å². The molecule has 1 aliphatic rings. The second-order valence-electron chi connectivity index (χ2n) is 6.41. The third kappa shape index (κ3) is 5.80. The van der Waals surface area contributed by atoms with Crippen LogP contribution < -0.4 is 10.6 Å². The molecule has 20 heavy (non-hydrogen) atoms. The summed E-state index contributed by atoms with van der Waals surface area (Å²) in [6, 6.07) is 0.498. The quantitative estimate of drug-likeness (QED) is 0.716. The van der Waals surface area contributed by atoms with Crippen LogP contribution in [0.15, 0.2) is 0 Å². The lowest BCUT2D eigenvalue weighted by atomic mass is 9.99. The van der Waals surface area contributed by atoms with Crippen molar-refractivity contribution in [2.75, 3.05) is 26.2 Å². The van der Waals surface area contributed by atoms with E-state index in [-0.39, 0.29) is 11.9 Å². The highest BCUT2D eigenvalue weighted by Gasteiger charge is 2.29. The van der Waals surface area contributed by atoms with E-state index in [4.69, 9.17) is 0 Å². The van der Waals surface area contributed by atoms with Crippen LogP contribution in [0.4, 0.5) is 0 Å². The molecule has 4 heteroatoms. The third-order valence-corrected chi connectivity index (χ3v) is 4.03. The van der Waals surface area contributed by atoms with E-state index in [9.17, 15) is 4.79 Å². The van der Waals surface area contributed by atoms with Crippen LogP contribution in [0.2, 0.25) is 0 Å². The minimum atomic E-state index is -0.00676. The molecule has 2 unspecified atom stereocenters. The number of piperidine rings is 1. The zero-order valence-corrected chi connectivity index (χ0v) is 13.7. The molecule has 0 aromatic rings. The first-order chi connectivity index (χ1) is 9.56. The van der Waals surface area contributed by atoms with Crippen molar-refractivity contribution in [1.82, 2.24) is 15.5 Å². The molecule has 0 aliphatic carbocycles. The molecule has 1 saturated heterocycles. The summed E-state index contributed by atoms with van der Waals surface area (Å²) in [5.41, 5.74) is 0. The summed E-state index contributed by atoms with van der Waals surface area (Å²) < 4.78 is 0. The Morgan fingerprint density at radius 1 is 1.30 bits per heavy atom. The fourth-order valence-corrected chi connectivity index (χ4v) is 2.84. The largest absolute Gasteiger partial charge is 0.355 e. The minimum Gasteiger partial charge on any atom is -0.355 e. The second kappa shape index (κ2) is 9.35. The van der Waals surface area contributed by atoms with E-state index in [1.54, 1.807) is 0 Å². The molecule has 1 rings (SSSR count). The van der Waals surface area contributed by atoms with Crippen molar-refractivity contribution in [2.45, 2.75) is 65.5 Å². The van der Waals surface area contributed by atoms with Crippen LogP contribution in [-0.2, 0) is 4.79 Å². The van der Waals surface area contributed by atoms with E-state index in [1.165, 1.54) is 19.3 Å². The van der Waals surface area contributed by atoms with Crippen LogP contribution in [0.3, 0.4) is 0 Å². The maximum atomic E-state index is 12.2. The highest BCUT2D eigenvalue weighted by Crippen LogP contribution is 2.19. The van der Waals surface area contributed by atoms with E-state index in [0.717, 1.165) is 32.6 Å². The Balaban J connectivity index is 2.47. The minimum absolute atomic E-state index is 0.00676. The maximum absolute atomic E-state index is 12.2. The van der Waals surface area contributed by atoms with Gasteiger partial charge < -0.3 is 10.6 Å². The number of rotatable bonds is 8. The van der Waals surface area contributed by atoms with Gasteiger partial charge in [0.25, 0.3) is 0 Å². The average molecular weight is 283 g/mol. The van der Waals surface area contributed by atoms with Crippen molar-refractivity contribution in [1.29, 1.82) is 0 Å². The molecule has 118 valence electrons. The van der Waals surface area contributed by atoms with Crippen LogP contribution in [0.1, 0.15) is 53.4 Å². The molecule has 0 radical (unpaired) electrons. The average Bonchev–Trinajstić information content (AvgIpc) is 2.44. The molecule has 1 fully saturated rings. The topological polar surface area (TPSA) is 44.4 Å². The third-order valence-electron chi connectivity index (χ3n) is 4.03. The summed E-state index contributed by atoms with van der Waals surface area (Å²) in [5, 5.41) is 6.57. The first-order valence-electron chi connectivity index (χ1n) is 8.30. The van der Waals surface area contributed by atoms with Crippen LogP contribution in [0.5, 0.6) is 0 Å². The molecule has 1 heterocycles. The predicted molar refractivity (Wildman–Crippen MR) is 84.8 cm³/mol. The number of carbonyl (C=O) groups excluding carboxylic acids is 1. The molecule has 4 nitrogen and oxygen atoms in total. The zero-order chi connectivity index (χ0) is 15.0. The van der Waals surface area contributed by atoms with Crippen molar-refractivity contribution in [3.63, 3.8) is 0 Å². The van der Waals surface area contributed by atoms with Crippen LogP contribution in [-0.4, -0.2) is 49.1 Å². The SMILES string of the molecule is CCCNC(=O)C(C)N1CCCCC1CNCC(C)C. The van der Waals surface area contributed by atoms with Crippen LogP contribution >= 0.6 is 0 Å². The molecule has 0 aromatic heterocycles. The van der Waals surface area contributed by atoms with E-state index < -0.39 is 0 Å². The van der Waals surface area contributed by atoms with Crippen molar-refractivity contribution in [2.24, 2.45) is 5.92 Å². The molecule has 2 N–H and O–H groups in total. The van der Waals surface area contributed by atoms with Gasteiger partial charge in [-0.2, -0.15) is 0 Å². The first-order valence-corrected chi connectivity index (χ1v) is 8.30. The summed E-state index contributed by atoms with van der Waals surface area (Å²) in [6.45, 7) is 12.5. The van der Waals surface area contributed by atoms with Gasteiger partial charge in [0.2, 0.25) is 5.91 Å². The summed E-state index contributed by atoms with van der Waals surface area (Å²) in [4.78, 5) is 14.5. The summed E-state index contributed by atoms with van der Waals surface area (Å²) in [7, 11) is 0. The van der Waals surface area contributed by atoms with Crippen LogP contribution in [0.25, 0.3) is 0 Å². The van der Waals surface area contributed by atoms with Gasteiger partial charge in [-0.3, -0.25) is 9.69 Å². The van der Waals surface area contributed by atoms with Gasteiger partial charge in [-0.15, -0.1) is 0 Å². The molecule has 1 amide bonds. The van der Waals surface area contributed by atoms with E-state index in [0.29, 0.717) is 12.0 Å². The van der Waals surface area contributed by atoms with E-state index in [1.807, 2.05) is 6.92 Å². The molecule has 0 bridgehead atoms. The lowest BCUT2D eigenvalue weighted by Gasteiger charge is -2.39. The number of nitrogens with zero attached hydrogens (tertiary/aromatic N) is 1. The number of nitrogens with one attached hydrogen (secondary N) is 2. The Labute approximate surface area is 124 Å². The van der Waals surface area contributed by atoms with Crippen molar-refractivity contribution in [3.05, 3.63) is 0 Å². The van der Waals surface area contributed by atoms with E-state index in [2.05, 4.69) is 36.3 Å². The fourth-order valence-electron chi connectivity index (χ4n) is 2.84. The molecular weight excluding hydrogens is 250 g/mol. The standard InChI is InChI=1S/C16H33N3O/c1-5-9-18-16(20)14(4)19-10-7-6-8-15(19)12-17-11-13(2)3/h13-15,17H,5-12H2,1-4H3,(H,18,20). The molecule has 0 saturated carbocycles. The zero-order valence-electron chi connectivity index (χ0n) is 13.7. The van der Waals surface area contributed by atoms with Gasteiger partial charge in [-0.1, -0.05) is 27.2 Å². The predicted octanol–water partition coefficient (Wildman–Crippen LogP) is 2.00. The maximum Gasteiger partial charge on any atom is 0.237 e. The number of hydrogen-bond donors (Lipinski definition) is 2. The molecule has 0 aromatic carbocycles. The lowest BCUT2D eigenvalue weighted by Crippen LogP contribution is -2.54. The highest BCUT2D eigenvalue weighted by atomic mass is 16.2. The monoisotopic (exact) mass is 283 g/mol. The summed E-state index contributed by atoms with van der Waals surface area (Å²) in [5.74, 6) is 0.861. The second-order valence-corrected chi connectivity index (χ2v) is 6.41. The Morgan fingerprint density at radius 3 is 2.70 bits per heavy atom. The number of hydrogen-bond acceptors (Lipinski definition) is 3. The molecular formula is C16H33N3O. The Bertz CT molecular complexity index is 281. The molecule has 1 aliphatic heterocycles. The Hall–Kier alpha value is -0.610. The summed E-state index contributed by atoms with van der Waals surface area (Å²) >= 11 is 0. The molecule has 0 spiro atoms. The fraction of sp³-hybridized carbons (Fsp3) is 0.938. The highest BCUT2D eigenvalue weighted by molar-refractivity contribution is 5.81. The van der Waals surface area contributed by atoms with E-state index >= 15 is 0 Å². The normalized spacial score (nSPS) is 21.9. The number of amides is 1. The Kier molecular flexibility index (Phi) is 8.15. The van der Waals surface area contributed by atoms with Gasteiger partial charge in [0.15, 0.2) is 0 Å². The van der Waals surface area contributed by atoms with Gasteiger partial charge >= 0.3 is 0 Å². The smallest absolute Gasteiger partial charge is 0.237 e. The van der Waals surface area contributed by atoms with Gasteiger partial charge in [-0.25, -0.2) is 0 Å². The molecule has 2 atom stereocenters. The summed E-state index contributed by atoms with van der Waals surface area (Å²) in [6.07, 6.45) is 4.70. The van der Waals surface area contributed by atoms with Gasteiger partial charge in [0.05, 0.1) is 6.04 Å². The van der Waals surface area contributed by atoms with Crippen molar-refractivity contribution in [3.8, 4) is 0 Å². The number of carbonyl (C=O) groups is 1. The van der Waals surface area contributed by atoms with Crippen LogP contribution in [0, 0.1) is 5.92 Å². The number of likely N-dealkylation sites (tertiary alicyclic amines) is 1.